The fraction of sp³-hybridized carbons (Fsp3) is 0.478. The van der Waals surface area contributed by atoms with E-state index in [9.17, 15) is 9.59 Å². The van der Waals surface area contributed by atoms with Crippen molar-refractivity contribution in [2.24, 2.45) is 12.1 Å². The number of H-pyrrole nitrogens is 1. The molecular formula is C23H31BrN6O2. The molecule has 0 saturated carbocycles. The Morgan fingerprint density at radius 1 is 1.06 bits per heavy atom. The molecule has 172 valence electrons. The van der Waals surface area contributed by atoms with Crippen LogP contribution in [0.25, 0.3) is 11.2 Å². The number of imidazole rings is 1. The van der Waals surface area contributed by atoms with E-state index in [1.807, 2.05) is 28.8 Å². The standard InChI is InChI=1S/C23H31BrN6O2/c1-3-4-5-6-7-8-9-10-15-30-19-20(29(2)23(32)27-21(19)31)26-22(30)28-25-16-17-11-13-18(24)14-12-17/h11-14,16H,3-10,15H2,1-2H3,(H,26,28)(H,27,31,32)/b25-16-. The third-order valence-electron chi connectivity index (χ3n) is 5.49. The van der Waals surface area contributed by atoms with Crippen molar-refractivity contribution in [1.29, 1.82) is 0 Å². The van der Waals surface area contributed by atoms with Crippen molar-refractivity contribution in [1.82, 2.24) is 19.1 Å². The highest BCUT2D eigenvalue weighted by molar-refractivity contribution is 9.10. The van der Waals surface area contributed by atoms with E-state index in [0.717, 1.165) is 22.9 Å². The maximum absolute atomic E-state index is 12.5. The zero-order valence-electron chi connectivity index (χ0n) is 18.7. The first-order valence-electron chi connectivity index (χ1n) is 11.3. The number of anilines is 1. The molecule has 0 spiro atoms. The van der Waals surface area contributed by atoms with E-state index in [4.69, 9.17) is 0 Å². The summed E-state index contributed by atoms with van der Waals surface area (Å²) in [6.07, 6.45) is 11.2. The summed E-state index contributed by atoms with van der Waals surface area (Å²) in [6.45, 7) is 2.85. The van der Waals surface area contributed by atoms with Crippen molar-refractivity contribution < 1.29 is 0 Å². The molecule has 0 aliphatic rings. The number of halogens is 1. The van der Waals surface area contributed by atoms with Gasteiger partial charge in [0.15, 0.2) is 11.2 Å². The molecule has 0 radical (unpaired) electrons. The topological polar surface area (TPSA) is 97.1 Å². The summed E-state index contributed by atoms with van der Waals surface area (Å²) < 4.78 is 4.17. The molecule has 1 aromatic carbocycles. The quantitative estimate of drug-likeness (QED) is 0.211. The molecule has 0 aliphatic carbocycles. The number of hydrogen-bond acceptors (Lipinski definition) is 5. The van der Waals surface area contributed by atoms with Gasteiger partial charge in [0, 0.05) is 18.1 Å². The lowest BCUT2D eigenvalue weighted by atomic mass is 10.1. The van der Waals surface area contributed by atoms with Crippen molar-refractivity contribution in [2.75, 3.05) is 5.43 Å². The number of aromatic amines is 1. The van der Waals surface area contributed by atoms with E-state index in [1.165, 1.54) is 43.1 Å². The van der Waals surface area contributed by atoms with Crippen molar-refractivity contribution in [3.63, 3.8) is 0 Å². The predicted octanol–water partition coefficient (Wildman–Crippen LogP) is 4.77. The van der Waals surface area contributed by atoms with Gasteiger partial charge in [-0.3, -0.25) is 14.3 Å². The summed E-state index contributed by atoms with van der Waals surface area (Å²) >= 11 is 3.42. The molecule has 2 aromatic heterocycles. The van der Waals surface area contributed by atoms with Gasteiger partial charge in [0.1, 0.15) is 0 Å². The summed E-state index contributed by atoms with van der Waals surface area (Å²) in [4.78, 5) is 31.4. The van der Waals surface area contributed by atoms with E-state index >= 15 is 0 Å². The lowest BCUT2D eigenvalue weighted by molar-refractivity contribution is 0.549. The molecule has 0 amide bonds. The van der Waals surface area contributed by atoms with Crippen molar-refractivity contribution in [2.45, 2.75) is 64.8 Å². The van der Waals surface area contributed by atoms with Crippen LogP contribution in [0.4, 0.5) is 5.95 Å². The van der Waals surface area contributed by atoms with Gasteiger partial charge in [-0.2, -0.15) is 10.1 Å². The Morgan fingerprint density at radius 3 is 2.41 bits per heavy atom. The number of hydrogen-bond donors (Lipinski definition) is 2. The van der Waals surface area contributed by atoms with Crippen LogP contribution in [0.5, 0.6) is 0 Å². The fourth-order valence-corrected chi connectivity index (χ4v) is 3.92. The molecular weight excluding hydrogens is 472 g/mol. The van der Waals surface area contributed by atoms with E-state index < -0.39 is 11.2 Å². The number of unbranched alkanes of at least 4 members (excludes halogenated alkanes) is 7. The number of nitrogens with zero attached hydrogens (tertiary/aromatic N) is 4. The maximum Gasteiger partial charge on any atom is 0.329 e. The second-order valence-corrected chi connectivity index (χ2v) is 8.89. The Labute approximate surface area is 195 Å². The molecule has 0 bridgehead atoms. The molecule has 0 fully saturated rings. The van der Waals surface area contributed by atoms with Crippen LogP contribution < -0.4 is 16.7 Å². The number of aromatic nitrogens is 4. The van der Waals surface area contributed by atoms with Gasteiger partial charge < -0.3 is 4.57 Å². The van der Waals surface area contributed by atoms with Gasteiger partial charge in [0.25, 0.3) is 5.56 Å². The molecule has 3 aromatic rings. The monoisotopic (exact) mass is 502 g/mol. The highest BCUT2D eigenvalue weighted by Crippen LogP contribution is 2.18. The van der Waals surface area contributed by atoms with Crippen LogP contribution in [-0.2, 0) is 13.6 Å². The van der Waals surface area contributed by atoms with E-state index in [0.29, 0.717) is 23.7 Å². The molecule has 0 unspecified atom stereocenters. The average Bonchev–Trinajstić information content (AvgIpc) is 3.14. The third-order valence-corrected chi connectivity index (χ3v) is 6.02. The normalized spacial score (nSPS) is 11.6. The Bertz CT molecular complexity index is 1160. The zero-order valence-corrected chi connectivity index (χ0v) is 20.3. The number of fused-ring (bicyclic) bond motifs is 1. The van der Waals surface area contributed by atoms with Crippen LogP contribution in [0.2, 0.25) is 0 Å². The third kappa shape index (κ3) is 6.18. The minimum Gasteiger partial charge on any atom is -0.303 e. The first-order chi connectivity index (χ1) is 15.5. The lowest BCUT2D eigenvalue weighted by Gasteiger charge is -2.08. The molecule has 8 nitrogen and oxygen atoms in total. The van der Waals surface area contributed by atoms with Crippen LogP contribution in [0.15, 0.2) is 43.4 Å². The minimum absolute atomic E-state index is 0.347. The Morgan fingerprint density at radius 2 is 1.72 bits per heavy atom. The van der Waals surface area contributed by atoms with Gasteiger partial charge in [0.2, 0.25) is 5.95 Å². The van der Waals surface area contributed by atoms with Crippen LogP contribution in [0.3, 0.4) is 0 Å². The molecule has 32 heavy (non-hydrogen) atoms. The predicted molar refractivity (Wildman–Crippen MR) is 134 cm³/mol. The van der Waals surface area contributed by atoms with E-state index in [1.54, 1.807) is 13.3 Å². The lowest BCUT2D eigenvalue weighted by Crippen LogP contribution is -2.29. The smallest absolute Gasteiger partial charge is 0.303 e. The number of benzene rings is 1. The van der Waals surface area contributed by atoms with E-state index in [-0.39, 0.29) is 0 Å². The van der Waals surface area contributed by atoms with Gasteiger partial charge in [0.05, 0.1) is 6.21 Å². The van der Waals surface area contributed by atoms with E-state index in [2.05, 4.69) is 43.3 Å². The maximum atomic E-state index is 12.5. The van der Waals surface area contributed by atoms with Crippen LogP contribution in [0.1, 0.15) is 63.9 Å². The highest BCUT2D eigenvalue weighted by atomic mass is 79.9. The SMILES string of the molecule is CCCCCCCCCCn1c(N/N=C\c2ccc(Br)cc2)nc2c1c(=O)[nH]c(=O)n2C. The van der Waals surface area contributed by atoms with Crippen molar-refractivity contribution in [3.8, 4) is 0 Å². The molecule has 2 N–H and O–H groups in total. The Kier molecular flexibility index (Phi) is 8.84. The minimum atomic E-state index is -0.482. The number of hydrazone groups is 1. The van der Waals surface area contributed by atoms with Crippen LogP contribution in [0, 0.1) is 0 Å². The number of nitrogens with one attached hydrogen (secondary N) is 2. The Hall–Kier alpha value is -2.68. The van der Waals surface area contributed by atoms with Crippen molar-refractivity contribution in [3.05, 3.63) is 55.1 Å². The summed E-state index contributed by atoms with van der Waals surface area (Å²) in [5, 5.41) is 4.29. The van der Waals surface area contributed by atoms with Gasteiger partial charge in [-0.1, -0.05) is 79.9 Å². The average molecular weight is 503 g/mol. The molecule has 2 heterocycles. The second-order valence-electron chi connectivity index (χ2n) is 7.97. The fourth-order valence-electron chi connectivity index (χ4n) is 3.65. The molecule has 9 heteroatoms. The largest absolute Gasteiger partial charge is 0.329 e. The number of aryl methyl sites for hydroxylation is 2. The Balaban J connectivity index is 1.74. The summed E-state index contributed by atoms with van der Waals surface area (Å²) in [6, 6.07) is 7.75. The number of rotatable bonds is 12. The molecule has 0 aliphatic heterocycles. The summed E-state index contributed by atoms with van der Waals surface area (Å²) in [5.74, 6) is 0.447. The summed E-state index contributed by atoms with van der Waals surface area (Å²) in [5.41, 5.74) is 3.70. The van der Waals surface area contributed by atoms with Crippen molar-refractivity contribution >= 4 is 39.3 Å². The molecule has 3 rings (SSSR count). The molecule has 0 atom stereocenters. The first kappa shape index (κ1) is 24.0. The second kappa shape index (κ2) is 11.8. The zero-order chi connectivity index (χ0) is 22.9. The first-order valence-corrected chi connectivity index (χ1v) is 12.0. The van der Waals surface area contributed by atoms with Gasteiger partial charge in [-0.05, 0) is 24.1 Å². The van der Waals surface area contributed by atoms with Gasteiger partial charge in [-0.15, -0.1) is 0 Å². The highest BCUT2D eigenvalue weighted by Gasteiger charge is 2.16. The van der Waals surface area contributed by atoms with Gasteiger partial charge >= 0.3 is 5.69 Å². The summed E-state index contributed by atoms with van der Waals surface area (Å²) in [7, 11) is 1.60. The molecule has 0 saturated heterocycles. The van der Waals surface area contributed by atoms with Crippen LogP contribution >= 0.6 is 15.9 Å². The van der Waals surface area contributed by atoms with Crippen LogP contribution in [-0.4, -0.2) is 25.3 Å². The van der Waals surface area contributed by atoms with Gasteiger partial charge in [-0.25, -0.2) is 10.2 Å².